The zero-order chi connectivity index (χ0) is 19.1. The first kappa shape index (κ1) is 18.9. The molecule has 5 heteroatoms. The number of anilines is 1. The van der Waals surface area contributed by atoms with E-state index in [0.717, 1.165) is 36.3 Å². The van der Waals surface area contributed by atoms with Gasteiger partial charge in [-0.05, 0) is 35.7 Å². The summed E-state index contributed by atoms with van der Waals surface area (Å²) in [5.74, 6) is 0.908. The number of phenolic OH excluding ortho intramolecular Hbond substituents is 1. The van der Waals surface area contributed by atoms with Gasteiger partial charge in [0.15, 0.2) is 0 Å². The van der Waals surface area contributed by atoms with Crippen molar-refractivity contribution in [2.75, 3.05) is 11.9 Å². The second kappa shape index (κ2) is 9.14. The number of nitrogens with zero attached hydrogens (tertiary/aromatic N) is 2. The Labute approximate surface area is 160 Å². The Balaban J connectivity index is 1.58. The molecule has 5 nitrogen and oxygen atoms in total. The largest absolute Gasteiger partial charge is 0.508 e. The molecule has 0 atom stereocenters. The van der Waals surface area contributed by atoms with E-state index in [-0.39, 0.29) is 5.75 Å². The summed E-state index contributed by atoms with van der Waals surface area (Å²) in [4.78, 5) is 8.92. The summed E-state index contributed by atoms with van der Waals surface area (Å²) in [5, 5.41) is 16.0. The fourth-order valence-electron chi connectivity index (χ4n) is 2.70. The van der Waals surface area contributed by atoms with Gasteiger partial charge in [-0.25, -0.2) is 9.97 Å². The average molecular weight is 362 g/mol. The molecule has 1 heterocycles. The molecule has 0 radical (unpaired) electrons. The topological polar surface area (TPSA) is 70.1 Å². The van der Waals surface area contributed by atoms with Crippen LogP contribution in [0.1, 0.15) is 25.0 Å². The Morgan fingerprint density at radius 1 is 0.926 bits per heavy atom. The number of phenols is 1. The Kier molecular flexibility index (Phi) is 6.39. The Morgan fingerprint density at radius 2 is 1.63 bits per heavy atom. The zero-order valence-corrected chi connectivity index (χ0v) is 15.8. The maximum Gasteiger partial charge on any atom is 0.223 e. The first-order valence-corrected chi connectivity index (χ1v) is 9.27. The van der Waals surface area contributed by atoms with Gasteiger partial charge < -0.3 is 15.7 Å². The van der Waals surface area contributed by atoms with Crippen molar-refractivity contribution in [2.24, 2.45) is 0 Å². The first-order valence-electron chi connectivity index (χ1n) is 9.27. The summed E-state index contributed by atoms with van der Waals surface area (Å²) in [6.07, 6.45) is 2.62. The van der Waals surface area contributed by atoms with Crippen LogP contribution in [0.25, 0.3) is 11.3 Å². The second-order valence-corrected chi connectivity index (χ2v) is 6.84. The molecule has 0 aliphatic heterocycles. The van der Waals surface area contributed by atoms with Crippen molar-refractivity contribution in [2.45, 2.75) is 32.9 Å². The second-order valence-electron chi connectivity index (χ2n) is 6.84. The Bertz CT molecular complexity index is 845. The van der Waals surface area contributed by atoms with Gasteiger partial charge in [-0.1, -0.05) is 50.2 Å². The van der Waals surface area contributed by atoms with E-state index in [9.17, 15) is 5.11 Å². The van der Waals surface area contributed by atoms with Gasteiger partial charge in [0, 0.05) is 30.9 Å². The minimum absolute atomic E-state index is 0.286. The van der Waals surface area contributed by atoms with Crippen LogP contribution < -0.4 is 10.6 Å². The van der Waals surface area contributed by atoms with E-state index in [1.807, 2.05) is 18.2 Å². The number of benzene rings is 2. The van der Waals surface area contributed by atoms with E-state index < -0.39 is 0 Å². The third kappa shape index (κ3) is 5.79. The van der Waals surface area contributed by atoms with Gasteiger partial charge in [0.05, 0.1) is 5.69 Å². The average Bonchev–Trinajstić information content (AvgIpc) is 2.68. The van der Waals surface area contributed by atoms with Crippen molar-refractivity contribution in [3.63, 3.8) is 0 Å². The number of aromatic nitrogens is 2. The highest BCUT2D eigenvalue weighted by Gasteiger charge is 2.03. The molecular weight excluding hydrogens is 336 g/mol. The van der Waals surface area contributed by atoms with Crippen molar-refractivity contribution in [1.29, 1.82) is 0 Å². The molecule has 0 unspecified atom stereocenters. The molecule has 3 rings (SSSR count). The normalized spacial score (nSPS) is 10.9. The van der Waals surface area contributed by atoms with Gasteiger partial charge in [-0.3, -0.25) is 0 Å². The minimum atomic E-state index is 0.286. The van der Waals surface area contributed by atoms with Gasteiger partial charge in [0.1, 0.15) is 5.75 Å². The smallest absolute Gasteiger partial charge is 0.223 e. The lowest BCUT2D eigenvalue weighted by Crippen LogP contribution is -2.21. The maximum atomic E-state index is 9.33. The highest BCUT2D eigenvalue weighted by Crippen LogP contribution is 2.18. The predicted molar refractivity (Wildman–Crippen MR) is 110 cm³/mol. The van der Waals surface area contributed by atoms with Crippen molar-refractivity contribution in [3.8, 4) is 17.0 Å². The molecule has 0 saturated heterocycles. The minimum Gasteiger partial charge on any atom is -0.508 e. The number of hydrogen-bond acceptors (Lipinski definition) is 5. The lowest BCUT2D eigenvalue weighted by molar-refractivity contribution is 0.475. The van der Waals surface area contributed by atoms with E-state index in [1.165, 1.54) is 5.56 Å². The zero-order valence-electron chi connectivity index (χ0n) is 15.8. The van der Waals surface area contributed by atoms with Crippen molar-refractivity contribution < 1.29 is 5.11 Å². The molecule has 3 N–H and O–H groups in total. The molecule has 2 aromatic carbocycles. The highest BCUT2D eigenvalue weighted by molar-refractivity contribution is 5.60. The van der Waals surface area contributed by atoms with E-state index >= 15 is 0 Å². The Hall–Kier alpha value is -2.92. The third-order valence-corrected chi connectivity index (χ3v) is 4.25. The van der Waals surface area contributed by atoms with Gasteiger partial charge in [-0.15, -0.1) is 0 Å². The van der Waals surface area contributed by atoms with Crippen LogP contribution in [0, 0.1) is 0 Å². The molecule has 1 aromatic heterocycles. The van der Waals surface area contributed by atoms with Gasteiger partial charge in [0.25, 0.3) is 0 Å². The van der Waals surface area contributed by atoms with Crippen molar-refractivity contribution in [1.82, 2.24) is 15.3 Å². The molecule has 0 saturated carbocycles. The van der Waals surface area contributed by atoms with Gasteiger partial charge in [-0.2, -0.15) is 0 Å². The third-order valence-electron chi connectivity index (χ3n) is 4.25. The summed E-state index contributed by atoms with van der Waals surface area (Å²) >= 11 is 0. The van der Waals surface area contributed by atoms with Crippen LogP contribution in [0.3, 0.4) is 0 Å². The quantitative estimate of drug-likeness (QED) is 0.565. The number of aromatic hydroxyl groups is 1. The highest BCUT2D eigenvalue weighted by atomic mass is 16.3. The lowest BCUT2D eigenvalue weighted by Gasteiger charge is -2.09. The molecule has 140 valence electrons. The molecule has 0 aliphatic rings. The molecule has 0 amide bonds. The molecule has 0 aliphatic carbocycles. The lowest BCUT2D eigenvalue weighted by atomic mass is 10.1. The maximum absolute atomic E-state index is 9.33. The summed E-state index contributed by atoms with van der Waals surface area (Å²) in [6.45, 7) is 5.89. The van der Waals surface area contributed by atoms with E-state index in [2.05, 4.69) is 58.7 Å². The van der Waals surface area contributed by atoms with Crippen LogP contribution in [0.5, 0.6) is 5.75 Å². The monoisotopic (exact) mass is 362 g/mol. The van der Waals surface area contributed by atoms with E-state index in [1.54, 1.807) is 18.3 Å². The standard InChI is InChI=1S/C22H26N4O/c1-16(2)25-15-18-3-7-19(8-4-18)21-12-14-24-22(26-21)23-13-11-17-5-9-20(27)10-6-17/h3-10,12,14,16,25,27H,11,13,15H2,1-2H3,(H,23,24,26). The molecule has 0 spiro atoms. The SMILES string of the molecule is CC(C)NCc1ccc(-c2ccnc(NCCc3ccc(O)cc3)n2)cc1. The summed E-state index contributed by atoms with van der Waals surface area (Å²) in [7, 11) is 0. The Morgan fingerprint density at radius 3 is 2.33 bits per heavy atom. The fraction of sp³-hybridized carbons (Fsp3) is 0.273. The molecule has 0 fully saturated rings. The number of rotatable bonds is 8. The summed E-state index contributed by atoms with van der Waals surface area (Å²) in [6, 6.07) is 18.1. The van der Waals surface area contributed by atoms with Crippen LogP contribution in [0.2, 0.25) is 0 Å². The van der Waals surface area contributed by atoms with Crippen LogP contribution in [-0.4, -0.2) is 27.7 Å². The molecule has 0 bridgehead atoms. The molecule has 27 heavy (non-hydrogen) atoms. The summed E-state index contributed by atoms with van der Waals surface area (Å²) in [5.41, 5.74) is 4.39. The van der Waals surface area contributed by atoms with Crippen LogP contribution in [0.4, 0.5) is 5.95 Å². The van der Waals surface area contributed by atoms with E-state index in [0.29, 0.717) is 12.0 Å². The van der Waals surface area contributed by atoms with Crippen LogP contribution >= 0.6 is 0 Å². The number of hydrogen-bond donors (Lipinski definition) is 3. The molecule has 3 aromatic rings. The fourth-order valence-corrected chi connectivity index (χ4v) is 2.70. The van der Waals surface area contributed by atoms with Gasteiger partial charge >= 0.3 is 0 Å². The van der Waals surface area contributed by atoms with Crippen molar-refractivity contribution in [3.05, 3.63) is 71.9 Å². The predicted octanol–water partition coefficient (Wildman–Crippen LogP) is 4.00. The first-order chi connectivity index (χ1) is 13.1. The molecular formula is C22H26N4O. The van der Waals surface area contributed by atoms with E-state index in [4.69, 9.17) is 0 Å². The summed E-state index contributed by atoms with van der Waals surface area (Å²) < 4.78 is 0. The van der Waals surface area contributed by atoms with Crippen LogP contribution in [0.15, 0.2) is 60.8 Å². The van der Waals surface area contributed by atoms with Crippen LogP contribution in [-0.2, 0) is 13.0 Å². The van der Waals surface area contributed by atoms with Gasteiger partial charge in [0.2, 0.25) is 5.95 Å². The van der Waals surface area contributed by atoms with Crippen molar-refractivity contribution >= 4 is 5.95 Å². The number of nitrogens with one attached hydrogen (secondary N) is 2.